The second kappa shape index (κ2) is 4.42. The Balaban J connectivity index is 2.19. The van der Waals surface area contributed by atoms with Crippen LogP contribution in [0.3, 0.4) is 0 Å². The van der Waals surface area contributed by atoms with E-state index in [1.165, 1.54) is 32.1 Å². The summed E-state index contributed by atoms with van der Waals surface area (Å²) in [5, 5.41) is 3.03. The van der Waals surface area contributed by atoms with Crippen LogP contribution in [0.1, 0.15) is 32.1 Å². The van der Waals surface area contributed by atoms with Gasteiger partial charge in [0.05, 0.1) is 0 Å². The Morgan fingerprint density at radius 3 is 2.55 bits per heavy atom. The summed E-state index contributed by atoms with van der Waals surface area (Å²) >= 11 is 0. The van der Waals surface area contributed by atoms with E-state index in [0.717, 1.165) is 0 Å². The maximum atomic E-state index is 11.0. The normalized spacial score (nSPS) is 19.6. The van der Waals surface area contributed by atoms with Crippen molar-refractivity contribution < 1.29 is 4.79 Å². The lowest BCUT2D eigenvalue weighted by Gasteiger charge is -2.22. The van der Waals surface area contributed by atoms with Gasteiger partial charge in [0, 0.05) is 6.04 Å². The van der Waals surface area contributed by atoms with Crippen LogP contribution in [0, 0.1) is 0 Å². The molecule has 0 aliphatic heterocycles. The Morgan fingerprint density at radius 2 is 2.00 bits per heavy atom. The van der Waals surface area contributed by atoms with E-state index in [2.05, 4.69) is 5.32 Å². The Kier molecular flexibility index (Phi) is 3.47. The Hall–Kier alpha value is -0.465. The van der Waals surface area contributed by atoms with Crippen LogP contribution in [-0.2, 0) is 4.79 Å². The second-order valence-electron chi connectivity index (χ2n) is 3.26. The van der Waals surface area contributed by atoms with E-state index in [4.69, 9.17) is 0 Å². The molecule has 1 fully saturated rings. The van der Waals surface area contributed by atoms with Gasteiger partial charge in [-0.15, -0.1) is 0 Å². The molecule has 1 saturated carbocycles. The van der Waals surface area contributed by atoms with Crippen LogP contribution in [0.15, 0.2) is 0 Å². The predicted octanol–water partition coefficient (Wildman–Crippen LogP) is 0.487. The van der Waals surface area contributed by atoms with Crippen molar-refractivity contribution in [2.45, 2.75) is 44.5 Å². The number of carbonyl (C=O) groups is 1. The van der Waals surface area contributed by atoms with Crippen molar-refractivity contribution in [1.29, 1.82) is 0 Å². The number of rotatable bonds is 2. The number of carbonyl (C=O) groups excluding carboxylic acids is 1. The lowest BCUT2D eigenvalue weighted by atomic mass is 9.94. The van der Waals surface area contributed by atoms with Crippen molar-refractivity contribution in [3.8, 4) is 0 Å². The lowest BCUT2D eigenvalue weighted by Crippen LogP contribution is -2.35. The molecule has 11 heavy (non-hydrogen) atoms. The number of amides is 1. The van der Waals surface area contributed by atoms with Gasteiger partial charge in [0.2, 0.25) is 5.91 Å². The molecule has 1 aliphatic carbocycles. The minimum atomic E-state index is 0.205. The lowest BCUT2D eigenvalue weighted by molar-refractivity contribution is -0.119. The van der Waals surface area contributed by atoms with Gasteiger partial charge in [-0.05, 0) is 19.2 Å². The molecule has 0 bridgehead atoms. The highest BCUT2D eigenvalue weighted by atomic mass is 16.1. The van der Waals surface area contributed by atoms with Crippen LogP contribution in [0.5, 0.6) is 0 Å². The molecule has 0 aromatic rings. The summed E-state index contributed by atoms with van der Waals surface area (Å²) in [5.74, 6) is 0.205. The third kappa shape index (κ3) is 2.96. The van der Waals surface area contributed by atoms with E-state index in [0.29, 0.717) is 12.4 Å². The highest BCUT2D eigenvalue weighted by Gasteiger charge is 2.13. The second-order valence-corrected chi connectivity index (χ2v) is 3.26. The van der Waals surface area contributed by atoms with Crippen molar-refractivity contribution in [3.63, 3.8) is 0 Å². The van der Waals surface area contributed by atoms with Gasteiger partial charge in [0.25, 0.3) is 0 Å². The topological polar surface area (TPSA) is 29.1 Å². The first kappa shape index (κ1) is 8.63. The molecule has 1 aliphatic rings. The Labute approximate surface area is 69.2 Å². The number of hydrogen-bond donors (Lipinski definition) is 1. The number of hydrogen-bond acceptors (Lipinski definition) is 1. The van der Waals surface area contributed by atoms with Gasteiger partial charge in [-0.2, -0.15) is 0 Å². The van der Waals surface area contributed by atoms with Crippen LogP contribution >= 0.6 is 0 Å². The van der Waals surface area contributed by atoms with E-state index in [1.807, 2.05) is 7.85 Å². The van der Waals surface area contributed by atoms with Crippen molar-refractivity contribution in [2.75, 3.05) is 0 Å². The molecule has 0 aromatic carbocycles. The summed E-state index contributed by atoms with van der Waals surface area (Å²) < 4.78 is 0. The maximum absolute atomic E-state index is 11.0. The molecule has 0 atom stereocenters. The average molecular weight is 153 g/mol. The van der Waals surface area contributed by atoms with Gasteiger partial charge in [0.15, 0.2) is 0 Å². The molecule has 0 radical (unpaired) electrons. The van der Waals surface area contributed by atoms with Crippen LogP contribution in [0.25, 0.3) is 0 Å². The van der Waals surface area contributed by atoms with Gasteiger partial charge >= 0.3 is 0 Å². The molecule has 0 unspecified atom stereocenters. The molecule has 1 N–H and O–H groups in total. The number of nitrogens with one attached hydrogen (secondary N) is 1. The molecule has 1 rings (SSSR count). The molecule has 1 amide bonds. The minimum Gasteiger partial charge on any atom is -0.354 e. The van der Waals surface area contributed by atoms with E-state index < -0.39 is 0 Å². The molecule has 0 aromatic heterocycles. The summed E-state index contributed by atoms with van der Waals surface area (Å²) in [6.07, 6.45) is 6.91. The molecular weight excluding hydrogens is 137 g/mol. The largest absolute Gasteiger partial charge is 0.354 e. The Morgan fingerprint density at radius 1 is 1.36 bits per heavy atom. The zero-order chi connectivity index (χ0) is 8.10. The van der Waals surface area contributed by atoms with E-state index in [-0.39, 0.29) is 5.91 Å². The van der Waals surface area contributed by atoms with Crippen molar-refractivity contribution in [2.24, 2.45) is 0 Å². The predicted molar refractivity (Wildman–Crippen MR) is 48.4 cm³/mol. The fourth-order valence-corrected chi connectivity index (χ4v) is 1.58. The summed E-state index contributed by atoms with van der Waals surface area (Å²) in [5.41, 5.74) is 0. The highest BCUT2D eigenvalue weighted by Crippen LogP contribution is 2.17. The fraction of sp³-hybridized carbons (Fsp3) is 0.875. The summed E-state index contributed by atoms with van der Waals surface area (Å²) in [4.78, 5) is 11.0. The van der Waals surface area contributed by atoms with Crippen molar-refractivity contribution in [3.05, 3.63) is 0 Å². The first-order chi connectivity index (χ1) is 5.33. The van der Waals surface area contributed by atoms with E-state index in [9.17, 15) is 4.79 Å². The summed E-state index contributed by atoms with van der Waals surface area (Å²) in [6, 6.07) is 0.483. The molecule has 0 spiro atoms. The van der Waals surface area contributed by atoms with E-state index >= 15 is 0 Å². The molecule has 0 heterocycles. The third-order valence-corrected chi connectivity index (χ3v) is 2.29. The highest BCUT2D eigenvalue weighted by molar-refractivity contribution is 6.19. The molecular formula is C8H16BNO. The first-order valence-corrected chi connectivity index (χ1v) is 4.62. The van der Waals surface area contributed by atoms with Gasteiger partial charge in [-0.3, -0.25) is 4.79 Å². The van der Waals surface area contributed by atoms with Crippen LogP contribution in [0.2, 0.25) is 6.32 Å². The summed E-state index contributed by atoms with van der Waals surface area (Å²) in [6.45, 7) is 0. The Bertz CT molecular complexity index is 132. The SMILES string of the molecule is BCC(=O)NC1CCCCC1. The summed E-state index contributed by atoms with van der Waals surface area (Å²) in [7, 11) is 1.90. The average Bonchev–Trinajstić information content (AvgIpc) is 2.06. The molecule has 2 nitrogen and oxygen atoms in total. The maximum Gasteiger partial charge on any atom is 0.212 e. The van der Waals surface area contributed by atoms with Gasteiger partial charge in [-0.25, -0.2) is 0 Å². The minimum absolute atomic E-state index is 0.205. The standard InChI is InChI=1S/C8H16BNO/c9-6-8(11)10-7-4-2-1-3-5-7/h7H,1-6,9H2,(H,10,11). The van der Waals surface area contributed by atoms with Gasteiger partial charge in [-0.1, -0.05) is 19.3 Å². The smallest absolute Gasteiger partial charge is 0.212 e. The quantitative estimate of drug-likeness (QED) is 0.574. The molecule has 0 saturated heterocycles. The zero-order valence-corrected chi connectivity index (χ0v) is 7.23. The van der Waals surface area contributed by atoms with Crippen LogP contribution in [-0.4, -0.2) is 19.8 Å². The van der Waals surface area contributed by atoms with Gasteiger partial charge in [0.1, 0.15) is 7.85 Å². The zero-order valence-electron chi connectivity index (χ0n) is 7.23. The first-order valence-electron chi connectivity index (χ1n) is 4.62. The monoisotopic (exact) mass is 153 g/mol. The van der Waals surface area contributed by atoms with E-state index in [1.54, 1.807) is 0 Å². The van der Waals surface area contributed by atoms with Gasteiger partial charge < -0.3 is 5.32 Å². The third-order valence-electron chi connectivity index (χ3n) is 2.29. The molecule has 3 heteroatoms. The van der Waals surface area contributed by atoms with Crippen molar-refractivity contribution in [1.82, 2.24) is 5.32 Å². The van der Waals surface area contributed by atoms with Crippen LogP contribution in [0.4, 0.5) is 0 Å². The fourth-order valence-electron chi connectivity index (χ4n) is 1.58. The van der Waals surface area contributed by atoms with Crippen molar-refractivity contribution >= 4 is 13.8 Å². The van der Waals surface area contributed by atoms with Crippen LogP contribution < -0.4 is 5.32 Å². The molecule has 62 valence electrons.